The number of aromatic nitrogens is 2. The fourth-order valence-corrected chi connectivity index (χ4v) is 1.91. The van der Waals surface area contributed by atoms with E-state index in [1.54, 1.807) is 6.33 Å². The van der Waals surface area contributed by atoms with Gasteiger partial charge in [0.15, 0.2) is 0 Å². The van der Waals surface area contributed by atoms with Crippen molar-refractivity contribution in [1.29, 1.82) is 0 Å². The van der Waals surface area contributed by atoms with Crippen molar-refractivity contribution in [2.45, 2.75) is 13.0 Å². The molecule has 0 saturated heterocycles. The lowest BCUT2D eigenvalue weighted by Gasteiger charge is -2.14. The van der Waals surface area contributed by atoms with E-state index in [0.29, 0.717) is 0 Å². The highest BCUT2D eigenvalue weighted by molar-refractivity contribution is 6.31. The normalized spacial score (nSPS) is 12.7. The summed E-state index contributed by atoms with van der Waals surface area (Å²) in [7, 11) is 1.92. The molecule has 90 valence electrons. The summed E-state index contributed by atoms with van der Waals surface area (Å²) in [6.45, 7) is 1.97. The van der Waals surface area contributed by atoms with E-state index >= 15 is 0 Å². The summed E-state index contributed by atoms with van der Waals surface area (Å²) in [5, 5.41) is 0.735. The number of imidazole rings is 1. The minimum atomic E-state index is -0.144. The molecule has 1 aromatic carbocycles. The van der Waals surface area contributed by atoms with Crippen molar-refractivity contribution in [3.05, 3.63) is 52.6 Å². The molecule has 2 rings (SSSR count). The largest absolute Gasteiger partial charge is 0.340 e. The lowest BCUT2D eigenvalue weighted by Crippen LogP contribution is -2.29. The van der Waals surface area contributed by atoms with Gasteiger partial charge in [-0.1, -0.05) is 23.7 Å². The second kappa shape index (κ2) is 4.87. The van der Waals surface area contributed by atoms with Gasteiger partial charge in [0.05, 0.1) is 18.1 Å². The molecule has 0 spiro atoms. The molecule has 0 bridgehead atoms. The van der Waals surface area contributed by atoms with Crippen molar-refractivity contribution >= 4 is 11.6 Å². The maximum atomic E-state index is 6.11. The molecule has 5 heteroatoms. The average Bonchev–Trinajstić information content (AvgIpc) is 2.71. The van der Waals surface area contributed by atoms with Gasteiger partial charge >= 0.3 is 0 Å². The summed E-state index contributed by atoms with van der Waals surface area (Å²) in [5.41, 5.74) is 5.68. The maximum absolute atomic E-state index is 6.11. The van der Waals surface area contributed by atoms with Gasteiger partial charge in [0.25, 0.3) is 0 Å². The predicted octanol–water partition coefficient (Wildman–Crippen LogP) is 1.93. The van der Waals surface area contributed by atoms with Crippen molar-refractivity contribution in [2.75, 3.05) is 0 Å². The molecule has 0 aliphatic carbocycles. The Morgan fingerprint density at radius 3 is 2.76 bits per heavy atom. The molecule has 4 nitrogen and oxygen atoms in total. The third-order valence-electron chi connectivity index (χ3n) is 2.72. The Balaban J connectivity index is 2.38. The second-order valence-electron chi connectivity index (χ2n) is 4.07. The number of halogens is 1. The monoisotopic (exact) mass is 250 g/mol. The third kappa shape index (κ3) is 2.49. The SMILES string of the molecule is Cc1ccc(C(NN)c2cn(C)cn2)cc1Cl. The van der Waals surface area contributed by atoms with Crippen molar-refractivity contribution in [3.63, 3.8) is 0 Å². The number of hydrogen-bond acceptors (Lipinski definition) is 3. The van der Waals surface area contributed by atoms with E-state index in [1.807, 2.05) is 42.9 Å². The number of hydrazine groups is 1. The Bertz CT molecular complexity index is 521. The van der Waals surface area contributed by atoms with Crippen LogP contribution in [0, 0.1) is 6.92 Å². The van der Waals surface area contributed by atoms with Crippen LogP contribution in [0.3, 0.4) is 0 Å². The third-order valence-corrected chi connectivity index (χ3v) is 3.12. The van der Waals surface area contributed by atoms with E-state index in [2.05, 4.69) is 10.4 Å². The van der Waals surface area contributed by atoms with Gasteiger partial charge < -0.3 is 4.57 Å². The zero-order chi connectivity index (χ0) is 12.4. The first-order valence-corrected chi connectivity index (χ1v) is 5.69. The molecule has 0 aliphatic heterocycles. The number of hydrogen-bond donors (Lipinski definition) is 2. The fourth-order valence-electron chi connectivity index (χ4n) is 1.72. The minimum Gasteiger partial charge on any atom is -0.340 e. The van der Waals surface area contributed by atoms with Crippen LogP contribution >= 0.6 is 11.6 Å². The van der Waals surface area contributed by atoms with Crippen LogP contribution in [0.5, 0.6) is 0 Å². The molecule has 2 aromatic rings. The topological polar surface area (TPSA) is 55.9 Å². The summed E-state index contributed by atoms with van der Waals surface area (Å²) >= 11 is 6.11. The van der Waals surface area contributed by atoms with E-state index in [-0.39, 0.29) is 6.04 Å². The number of nitrogens with one attached hydrogen (secondary N) is 1. The van der Waals surface area contributed by atoms with Gasteiger partial charge in [-0.25, -0.2) is 10.4 Å². The fraction of sp³-hybridized carbons (Fsp3) is 0.250. The van der Waals surface area contributed by atoms with Crippen LogP contribution in [0.25, 0.3) is 0 Å². The van der Waals surface area contributed by atoms with Crippen LogP contribution in [0.4, 0.5) is 0 Å². The number of rotatable bonds is 3. The Hall–Kier alpha value is -1.36. The molecule has 0 radical (unpaired) electrons. The summed E-state index contributed by atoms with van der Waals surface area (Å²) in [4.78, 5) is 4.29. The Morgan fingerprint density at radius 2 is 2.24 bits per heavy atom. The average molecular weight is 251 g/mol. The highest BCUT2D eigenvalue weighted by atomic mass is 35.5. The van der Waals surface area contributed by atoms with E-state index in [4.69, 9.17) is 17.4 Å². The lowest BCUT2D eigenvalue weighted by atomic mass is 10.0. The van der Waals surface area contributed by atoms with Crippen LogP contribution in [-0.2, 0) is 7.05 Å². The number of benzene rings is 1. The summed E-state index contributed by atoms with van der Waals surface area (Å²) in [5.74, 6) is 5.59. The molecule has 17 heavy (non-hydrogen) atoms. The van der Waals surface area contributed by atoms with Crippen LogP contribution in [0.15, 0.2) is 30.7 Å². The molecule has 1 heterocycles. The molecule has 0 aliphatic rings. The van der Waals surface area contributed by atoms with Crippen LogP contribution in [0.1, 0.15) is 22.9 Å². The smallest absolute Gasteiger partial charge is 0.0947 e. The quantitative estimate of drug-likeness (QED) is 0.647. The van der Waals surface area contributed by atoms with Gasteiger partial charge in [0.1, 0.15) is 0 Å². The molecule has 1 aromatic heterocycles. The van der Waals surface area contributed by atoms with Gasteiger partial charge in [0.2, 0.25) is 0 Å². The van der Waals surface area contributed by atoms with Crippen molar-refractivity contribution < 1.29 is 0 Å². The van der Waals surface area contributed by atoms with Gasteiger partial charge in [0, 0.05) is 18.3 Å². The second-order valence-corrected chi connectivity index (χ2v) is 4.48. The number of nitrogens with two attached hydrogens (primary N) is 1. The van der Waals surface area contributed by atoms with Crippen molar-refractivity contribution in [3.8, 4) is 0 Å². The first-order valence-electron chi connectivity index (χ1n) is 5.32. The molecule has 1 atom stereocenters. The predicted molar refractivity (Wildman–Crippen MR) is 68.6 cm³/mol. The van der Waals surface area contributed by atoms with Crippen LogP contribution in [-0.4, -0.2) is 9.55 Å². The Labute approximate surface area is 105 Å². The van der Waals surface area contributed by atoms with Gasteiger partial charge in [-0.2, -0.15) is 0 Å². The van der Waals surface area contributed by atoms with Gasteiger partial charge in [-0.15, -0.1) is 0 Å². The van der Waals surface area contributed by atoms with Crippen LogP contribution in [0.2, 0.25) is 5.02 Å². The van der Waals surface area contributed by atoms with E-state index in [0.717, 1.165) is 21.8 Å². The summed E-state index contributed by atoms with van der Waals surface area (Å²) in [6.07, 6.45) is 3.67. The molecular weight excluding hydrogens is 236 g/mol. The first kappa shape index (κ1) is 12.1. The lowest BCUT2D eigenvalue weighted by molar-refractivity contribution is 0.623. The maximum Gasteiger partial charge on any atom is 0.0947 e. The molecule has 0 fully saturated rings. The van der Waals surface area contributed by atoms with Crippen molar-refractivity contribution in [2.24, 2.45) is 12.9 Å². The standard InChI is InChI=1S/C12H15ClN4/c1-8-3-4-9(5-10(8)13)12(16-14)11-6-17(2)7-15-11/h3-7,12,16H,14H2,1-2H3. The molecule has 0 amide bonds. The molecular formula is C12H15ClN4. The van der Waals surface area contributed by atoms with Gasteiger partial charge in [-0.05, 0) is 24.1 Å². The van der Waals surface area contributed by atoms with Gasteiger partial charge in [-0.3, -0.25) is 5.84 Å². The van der Waals surface area contributed by atoms with Crippen LogP contribution < -0.4 is 11.3 Å². The van der Waals surface area contributed by atoms with Crippen molar-refractivity contribution in [1.82, 2.24) is 15.0 Å². The zero-order valence-electron chi connectivity index (χ0n) is 9.81. The minimum absolute atomic E-state index is 0.144. The van der Waals surface area contributed by atoms with E-state index < -0.39 is 0 Å². The zero-order valence-corrected chi connectivity index (χ0v) is 10.6. The number of nitrogens with zero attached hydrogens (tertiary/aromatic N) is 2. The highest BCUT2D eigenvalue weighted by Crippen LogP contribution is 2.24. The summed E-state index contributed by atoms with van der Waals surface area (Å²) < 4.78 is 1.88. The Kier molecular flexibility index (Phi) is 3.47. The first-order chi connectivity index (χ1) is 8.11. The van der Waals surface area contributed by atoms with E-state index in [1.165, 1.54) is 0 Å². The van der Waals surface area contributed by atoms with E-state index in [9.17, 15) is 0 Å². The summed E-state index contributed by atoms with van der Waals surface area (Å²) in [6, 6.07) is 5.75. The molecule has 1 unspecified atom stereocenters. The molecule has 3 N–H and O–H groups in total. The molecule has 0 saturated carbocycles. The highest BCUT2D eigenvalue weighted by Gasteiger charge is 2.15. The number of aryl methyl sites for hydroxylation is 2. The Morgan fingerprint density at radius 1 is 1.47 bits per heavy atom.